The molecule has 0 spiro atoms. The summed E-state index contributed by atoms with van der Waals surface area (Å²) in [6.45, 7) is 2.15. The zero-order chi connectivity index (χ0) is 9.52. The van der Waals surface area contributed by atoms with Crippen LogP contribution in [0.15, 0.2) is 0 Å². The van der Waals surface area contributed by atoms with Crippen LogP contribution in [-0.2, 0) is 4.79 Å². The molecule has 13 heavy (non-hydrogen) atoms. The van der Waals surface area contributed by atoms with Crippen molar-refractivity contribution < 1.29 is 4.79 Å². The summed E-state index contributed by atoms with van der Waals surface area (Å²) < 4.78 is 0. The molecule has 1 rings (SSSR count). The van der Waals surface area contributed by atoms with Gasteiger partial charge in [0, 0.05) is 12.3 Å². The number of Topliss-reactive ketones (excluding diaryl/α,β-unsaturated/α-hetero) is 1. The van der Waals surface area contributed by atoms with Gasteiger partial charge in [-0.15, -0.1) is 0 Å². The van der Waals surface area contributed by atoms with Crippen LogP contribution >= 0.6 is 0 Å². The highest BCUT2D eigenvalue weighted by Crippen LogP contribution is 2.20. The summed E-state index contributed by atoms with van der Waals surface area (Å²) in [7, 11) is 0. The standard InChI is InChI=1S/C12H22O/c1-2-11-9-7-5-3-4-6-8-10-12(11)13/h11H,2-10H2,1H3/t11-/m1/s1. The Bertz CT molecular complexity index is 151. The van der Waals surface area contributed by atoms with E-state index in [4.69, 9.17) is 0 Å². The van der Waals surface area contributed by atoms with Gasteiger partial charge in [0.15, 0.2) is 0 Å². The molecule has 1 fully saturated rings. The molecule has 0 aromatic heterocycles. The van der Waals surface area contributed by atoms with Gasteiger partial charge in [0.2, 0.25) is 0 Å². The van der Waals surface area contributed by atoms with Gasteiger partial charge < -0.3 is 0 Å². The quantitative estimate of drug-likeness (QED) is 0.604. The molecule has 0 aromatic carbocycles. The van der Waals surface area contributed by atoms with Crippen LogP contribution in [0.4, 0.5) is 0 Å². The highest BCUT2D eigenvalue weighted by Gasteiger charge is 2.15. The third-order valence-electron chi connectivity index (χ3n) is 3.17. The van der Waals surface area contributed by atoms with E-state index in [1.54, 1.807) is 0 Å². The Hall–Kier alpha value is -0.330. The average Bonchev–Trinajstić information content (AvgIpc) is 2.16. The summed E-state index contributed by atoms with van der Waals surface area (Å²) in [5.74, 6) is 0.919. The first kappa shape index (κ1) is 10.7. The normalized spacial score (nSPS) is 27.2. The molecule has 1 atom stereocenters. The lowest BCUT2D eigenvalue weighted by Crippen LogP contribution is -2.14. The first-order chi connectivity index (χ1) is 6.34. The second-order valence-corrected chi connectivity index (χ2v) is 4.23. The van der Waals surface area contributed by atoms with E-state index in [2.05, 4.69) is 6.92 Å². The maximum absolute atomic E-state index is 11.7. The van der Waals surface area contributed by atoms with Crippen LogP contribution in [0.25, 0.3) is 0 Å². The number of ketones is 1. The molecule has 1 saturated carbocycles. The molecule has 0 radical (unpaired) electrons. The third-order valence-corrected chi connectivity index (χ3v) is 3.17. The van der Waals surface area contributed by atoms with Crippen LogP contribution in [0.3, 0.4) is 0 Å². The number of carbonyl (C=O) groups excluding carboxylic acids is 1. The van der Waals surface area contributed by atoms with Gasteiger partial charge in [-0.3, -0.25) is 4.79 Å². The van der Waals surface area contributed by atoms with Crippen molar-refractivity contribution in [3.8, 4) is 0 Å². The summed E-state index contributed by atoms with van der Waals surface area (Å²) >= 11 is 0. The van der Waals surface area contributed by atoms with Crippen molar-refractivity contribution in [2.24, 2.45) is 5.92 Å². The SMILES string of the molecule is CC[C@@H]1CCCCCCCCC1=O. The molecule has 0 bridgehead atoms. The summed E-state index contributed by atoms with van der Waals surface area (Å²) in [4.78, 5) is 11.7. The van der Waals surface area contributed by atoms with Crippen LogP contribution in [0, 0.1) is 5.92 Å². The lowest BCUT2D eigenvalue weighted by Gasteiger charge is -2.15. The molecule has 0 unspecified atom stereocenters. The van der Waals surface area contributed by atoms with Gasteiger partial charge in [-0.1, -0.05) is 39.0 Å². The zero-order valence-corrected chi connectivity index (χ0v) is 8.85. The fraction of sp³-hybridized carbons (Fsp3) is 0.917. The van der Waals surface area contributed by atoms with Gasteiger partial charge in [-0.2, -0.15) is 0 Å². The van der Waals surface area contributed by atoms with Crippen molar-refractivity contribution in [3.63, 3.8) is 0 Å². The molecule has 0 heterocycles. The van der Waals surface area contributed by atoms with E-state index in [-0.39, 0.29) is 0 Å². The fourth-order valence-electron chi connectivity index (χ4n) is 2.19. The smallest absolute Gasteiger partial charge is 0.135 e. The Balaban J connectivity index is 2.37. The van der Waals surface area contributed by atoms with Gasteiger partial charge in [-0.05, 0) is 19.3 Å². The molecule has 1 aliphatic rings. The van der Waals surface area contributed by atoms with E-state index < -0.39 is 0 Å². The van der Waals surface area contributed by atoms with Crippen LogP contribution < -0.4 is 0 Å². The van der Waals surface area contributed by atoms with E-state index in [1.165, 1.54) is 32.1 Å². The predicted octanol–water partition coefficient (Wildman–Crippen LogP) is 3.72. The van der Waals surface area contributed by atoms with Crippen molar-refractivity contribution in [2.75, 3.05) is 0 Å². The van der Waals surface area contributed by atoms with Crippen molar-refractivity contribution >= 4 is 5.78 Å². The van der Waals surface area contributed by atoms with Gasteiger partial charge >= 0.3 is 0 Å². The minimum atomic E-state index is 0.387. The Morgan fingerprint density at radius 1 is 1.08 bits per heavy atom. The number of hydrogen-bond donors (Lipinski definition) is 0. The van der Waals surface area contributed by atoms with E-state index in [0.29, 0.717) is 11.7 Å². The van der Waals surface area contributed by atoms with Gasteiger partial charge in [0.1, 0.15) is 5.78 Å². The van der Waals surface area contributed by atoms with E-state index in [9.17, 15) is 4.79 Å². The van der Waals surface area contributed by atoms with Crippen molar-refractivity contribution in [3.05, 3.63) is 0 Å². The predicted molar refractivity (Wildman–Crippen MR) is 55.7 cm³/mol. The topological polar surface area (TPSA) is 17.1 Å². The molecule has 1 heteroatoms. The molecular formula is C12H22O. The molecule has 0 amide bonds. The summed E-state index contributed by atoms with van der Waals surface area (Å²) in [6.07, 6.45) is 10.8. The Morgan fingerprint density at radius 3 is 2.38 bits per heavy atom. The van der Waals surface area contributed by atoms with Crippen molar-refractivity contribution in [1.82, 2.24) is 0 Å². The minimum Gasteiger partial charge on any atom is -0.299 e. The monoisotopic (exact) mass is 182 g/mol. The molecular weight excluding hydrogens is 160 g/mol. The molecule has 0 aliphatic heterocycles. The Labute approximate surface area is 81.9 Å². The molecule has 76 valence electrons. The molecule has 0 aromatic rings. The minimum absolute atomic E-state index is 0.387. The van der Waals surface area contributed by atoms with Crippen molar-refractivity contribution in [1.29, 1.82) is 0 Å². The molecule has 0 saturated heterocycles. The second-order valence-electron chi connectivity index (χ2n) is 4.23. The number of hydrogen-bond acceptors (Lipinski definition) is 1. The van der Waals surface area contributed by atoms with Crippen molar-refractivity contribution in [2.45, 2.75) is 64.7 Å². The highest BCUT2D eigenvalue weighted by atomic mass is 16.1. The summed E-state index contributed by atoms with van der Waals surface area (Å²) in [5.41, 5.74) is 0. The van der Waals surface area contributed by atoms with Crippen LogP contribution in [0.5, 0.6) is 0 Å². The fourth-order valence-corrected chi connectivity index (χ4v) is 2.19. The number of carbonyl (C=O) groups is 1. The average molecular weight is 182 g/mol. The molecule has 1 aliphatic carbocycles. The summed E-state index contributed by atoms with van der Waals surface area (Å²) in [6, 6.07) is 0. The largest absolute Gasteiger partial charge is 0.299 e. The van der Waals surface area contributed by atoms with Crippen LogP contribution in [0.2, 0.25) is 0 Å². The third kappa shape index (κ3) is 3.93. The highest BCUT2D eigenvalue weighted by molar-refractivity contribution is 5.80. The van der Waals surface area contributed by atoms with Gasteiger partial charge in [0.05, 0.1) is 0 Å². The lowest BCUT2D eigenvalue weighted by molar-refractivity contribution is -0.123. The van der Waals surface area contributed by atoms with Gasteiger partial charge in [-0.25, -0.2) is 0 Å². The van der Waals surface area contributed by atoms with E-state index >= 15 is 0 Å². The van der Waals surface area contributed by atoms with Crippen LogP contribution in [0.1, 0.15) is 64.7 Å². The van der Waals surface area contributed by atoms with Gasteiger partial charge in [0.25, 0.3) is 0 Å². The maximum atomic E-state index is 11.7. The molecule has 0 N–H and O–H groups in total. The Kier molecular flexibility index (Phi) is 5.10. The summed E-state index contributed by atoms with van der Waals surface area (Å²) in [5, 5.41) is 0. The Morgan fingerprint density at radius 2 is 1.69 bits per heavy atom. The number of rotatable bonds is 1. The lowest BCUT2D eigenvalue weighted by atomic mass is 9.89. The molecule has 1 nitrogen and oxygen atoms in total. The second kappa shape index (κ2) is 6.17. The maximum Gasteiger partial charge on any atom is 0.135 e. The first-order valence-electron chi connectivity index (χ1n) is 5.87. The van der Waals surface area contributed by atoms with E-state index in [0.717, 1.165) is 25.7 Å². The first-order valence-corrected chi connectivity index (χ1v) is 5.87. The zero-order valence-electron chi connectivity index (χ0n) is 8.85. The van der Waals surface area contributed by atoms with Crippen LogP contribution in [-0.4, -0.2) is 5.78 Å². The van der Waals surface area contributed by atoms with E-state index in [1.807, 2.05) is 0 Å².